The maximum absolute atomic E-state index is 12.6. The van der Waals surface area contributed by atoms with E-state index in [9.17, 15) is 14.9 Å². The van der Waals surface area contributed by atoms with E-state index in [4.69, 9.17) is 20.8 Å². The number of rotatable bonds is 6. The Morgan fingerprint density at radius 1 is 1.12 bits per heavy atom. The molecule has 0 saturated carbocycles. The second kappa shape index (κ2) is 8.91. The van der Waals surface area contributed by atoms with Gasteiger partial charge < -0.3 is 9.15 Å². The van der Waals surface area contributed by atoms with Crippen molar-refractivity contribution >= 4 is 40.2 Å². The van der Waals surface area contributed by atoms with E-state index in [1.54, 1.807) is 24.3 Å². The van der Waals surface area contributed by atoms with Crippen LogP contribution >= 0.6 is 11.6 Å². The number of benzene rings is 3. The third-order valence-electron chi connectivity index (χ3n) is 4.73. The number of carbonyl (C=O) groups is 1. The van der Waals surface area contributed by atoms with Crippen LogP contribution in [-0.4, -0.2) is 24.2 Å². The summed E-state index contributed by atoms with van der Waals surface area (Å²) < 4.78 is 11.0. The summed E-state index contributed by atoms with van der Waals surface area (Å²) in [6, 6.07) is 18.6. The summed E-state index contributed by atoms with van der Waals surface area (Å²) in [4.78, 5) is 22.9. The minimum Gasteiger partial charge on any atom is -0.496 e. The highest BCUT2D eigenvalue weighted by atomic mass is 35.5. The molecule has 0 saturated heterocycles. The molecule has 0 bridgehead atoms. The summed E-state index contributed by atoms with van der Waals surface area (Å²) in [7, 11) is 1.50. The molecule has 0 fully saturated rings. The van der Waals surface area contributed by atoms with Crippen molar-refractivity contribution in [2.45, 2.75) is 0 Å². The van der Waals surface area contributed by atoms with Crippen LogP contribution in [0.3, 0.4) is 0 Å². The van der Waals surface area contributed by atoms with Gasteiger partial charge in [0.05, 0.1) is 28.8 Å². The highest BCUT2D eigenvalue weighted by molar-refractivity contribution is 6.33. The van der Waals surface area contributed by atoms with Gasteiger partial charge in [-0.05, 0) is 41.1 Å². The summed E-state index contributed by atoms with van der Waals surface area (Å²) in [5, 5.41) is 16.8. The second-order valence-corrected chi connectivity index (χ2v) is 7.13. The zero-order valence-electron chi connectivity index (χ0n) is 16.7. The van der Waals surface area contributed by atoms with Crippen LogP contribution in [0.1, 0.15) is 16.1 Å². The molecule has 1 heterocycles. The molecule has 0 radical (unpaired) electrons. The monoisotopic (exact) mass is 449 g/mol. The fourth-order valence-corrected chi connectivity index (χ4v) is 3.43. The molecule has 9 heteroatoms. The average molecular weight is 450 g/mol. The Bertz CT molecular complexity index is 1360. The van der Waals surface area contributed by atoms with E-state index in [1.165, 1.54) is 31.5 Å². The second-order valence-electron chi connectivity index (χ2n) is 6.72. The number of nitrogens with zero attached hydrogens (tertiary/aromatic N) is 2. The van der Waals surface area contributed by atoms with Gasteiger partial charge in [-0.25, -0.2) is 5.43 Å². The zero-order chi connectivity index (χ0) is 22.7. The molecule has 1 amide bonds. The van der Waals surface area contributed by atoms with E-state index in [1.807, 2.05) is 24.3 Å². The van der Waals surface area contributed by atoms with E-state index < -0.39 is 10.8 Å². The summed E-state index contributed by atoms with van der Waals surface area (Å²) in [6.45, 7) is 0. The van der Waals surface area contributed by atoms with Crippen LogP contribution in [0.5, 0.6) is 5.75 Å². The van der Waals surface area contributed by atoms with Gasteiger partial charge in [0.1, 0.15) is 17.3 Å². The highest BCUT2D eigenvalue weighted by Gasteiger charge is 2.15. The number of carbonyl (C=O) groups excluding carboxylic acids is 1. The molecule has 32 heavy (non-hydrogen) atoms. The van der Waals surface area contributed by atoms with Crippen molar-refractivity contribution in [3.05, 3.63) is 93.2 Å². The lowest BCUT2D eigenvalue weighted by Crippen LogP contribution is -2.18. The van der Waals surface area contributed by atoms with E-state index in [2.05, 4.69) is 10.5 Å². The number of hydrogen-bond acceptors (Lipinski definition) is 6. The standard InChI is InChI=1S/C23H16ClN3O5/c1-31-22-11-15-5-3-2-4-14(15)10-19(22)23(28)26-25-13-17-7-9-21(32-17)18-8-6-16(27(29)30)12-20(18)24/h2-13H,1H3,(H,26,28). The minimum atomic E-state index is -0.525. The Hall–Kier alpha value is -4.17. The van der Waals surface area contributed by atoms with Crippen LogP contribution < -0.4 is 10.2 Å². The molecular formula is C23H16ClN3O5. The average Bonchev–Trinajstić information content (AvgIpc) is 3.26. The van der Waals surface area contributed by atoms with Crippen molar-refractivity contribution in [2.24, 2.45) is 5.10 Å². The smallest absolute Gasteiger partial charge is 0.275 e. The number of hydrogen-bond donors (Lipinski definition) is 1. The van der Waals surface area contributed by atoms with Gasteiger partial charge in [0.15, 0.2) is 0 Å². The molecule has 4 rings (SSSR count). The lowest BCUT2D eigenvalue weighted by Gasteiger charge is -2.09. The predicted molar refractivity (Wildman–Crippen MR) is 121 cm³/mol. The number of methoxy groups -OCH3 is 1. The minimum absolute atomic E-state index is 0.112. The van der Waals surface area contributed by atoms with Gasteiger partial charge in [0.25, 0.3) is 11.6 Å². The molecule has 4 aromatic rings. The molecule has 0 atom stereocenters. The molecule has 1 N–H and O–H groups in total. The quantitative estimate of drug-likeness (QED) is 0.240. The molecule has 0 aliphatic rings. The molecule has 160 valence electrons. The first kappa shape index (κ1) is 21.1. The Labute approximate surface area is 187 Å². The molecular weight excluding hydrogens is 434 g/mol. The first-order valence-corrected chi connectivity index (χ1v) is 9.78. The van der Waals surface area contributed by atoms with Gasteiger partial charge in [0, 0.05) is 17.7 Å². The molecule has 0 unspecified atom stereocenters. The normalized spacial score (nSPS) is 11.1. The maximum Gasteiger partial charge on any atom is 0.275 e. The van der Waals surface area contributed by atoms with Crippen LogP contribution in [0.15, 0.2) is 76.2 Å². The zero-order valence-corrected chi connectivity index (χ0v) is 17.5. The topological polar surface area (TPSA) is 107 Å². The van der Waals surface area contributed by atoms with Crippen molar-refractivity contribution < 1.29 is 18.9 Å². The van der Waals surface area contributed by atoms with Crippen molar-refractivity contribution in [3.63, 3.8) is 0 Å². The van der Waals surface area contributed by atoms with E-state index >= 15 is 0 Å². The Kier molecular flexibility index (Phi) is 5.87. The SMILES string of the molecule is COc1cc2ccccc2cc1C(=O)NN=Cc1ccc(-c2ccc([N+](=O)[O-])cc2Cl)o1. The van der Waals surface area contributed by atoms with Crippen LogP contribution in [0.4, 0.5) is 5.69 Å². The van der Waals surface area contributed by atoms with Gasteiger partial charge in [-0.15, -0.1) is 0 Å². The third-order valence-corrected chi connectivity index (χ3v) is 5.04. The lowest BCUT2D eigenvalue weighted by molar-refractivity contribution is -0.384. The number of halogens is 1. The molecule has 1 aromatic heterocycles. The molecule has 0 spiro atoms. The lowest BCUT2D eigenvalue weighted by atomic mass is 10.1. The number of ether oxygens (including phenoxy) is 1. The fourth-order valence-electron chi connectivity index (χ4n) is 3.16. The highest BCUT2D eigenvalue weighted by Crippen LogP contribution is 2.32. The van der Waals surface area contributed by atoms with Crippen molar-refractivity contribution in [2.75, 3.05) is 7.11 Å². The Morgan fingerprint density at radius 2 is 1.88 bits per heavy atom. The molecule has 0 aliphatic carbocycles. The van der Waals surface area contributed by atoms with E-state index in [0.717, 1.165) is 10.8 Å². The number of non-ortho nitro benzene ring substituents is 1. The number of hydrazone groups is 1. The van der Waals surface area contributed by atoms with Gasteiger partial charge in [-0.3, -0.25) is 14.9 Å². The van der Waals surface area contributed by atoms with Crippen molar-refractivity contribution in [3.8, 4) is 17.1 Å². The van der Waals surface area contributed by atoms with Crippen LogP contribution in [0.2, 0.25) is 5.02 Å². The van der Waals surface area contributed by atoms with E-state index in [0.29, 0.717) is 28.4 Å². The fraction of sp³-hybridized carbons (Fsp3) is 0.0435. The summed E-state index contributed by atoms with van der Waals surface area (Å²) in [6.07, 6.45) is 1.34. The van der Waals surface area contributed by atoms with Crippen molar-refractivity contribution in [1.82, 2.24) is 5.43 Å². The summed E-state index contributed by atoms with van der Waals surface area (Å²) in [5.41, 5.74) is 3.19. The van der Waals surface area contributed by atoms with Gasteiger partial charge >= 0.3 is 0 Å². The number of nitrogens with one attached hydrogen (secondary N) is 1. The number of nitro groups is 1. The van der Waals surface area contributed by atoms with Gasteiger partial charge in [0.2, 0.25) is 0 Å². The Morgan fingerprint density at radius 3 is 2.56 bits per heavy atom. The number of nitro benzene ring substituents is 1. The maximum atomic E-state index is 12.6. The number of fused-ring (bicyclic) bond motifs is 1. The first-order chi connectivity index (χ1) is 15.5. The van der Waals surface area contributed by atoms with Gasteiger partial charge in [-0.1, -0.05) is 35.9 Å². The Balaban J connectivity index is 1.50. The number of amides is 1. The van der Waals surface area contributed by atoms with Crippen LogP contribution in [0.25, 0.3) is 22.1 Å². The first-order valence-electron chi connectivity index (χ1n) is 9.40. The third kappa shape index (κ3) is 4.30. The van der Waals surface area contributed by atoms with Crippen LogP contribution in [0, 0.1) is 10.1 Å². The van der Waals surface area contributed by atoms with Gasteiger partial charge in [-0.2, -0.15) is 5.10 Å². The molecule has 0 aliphatic heterocycles. The predicted octanol–water partition coefficient (Wildman–Crippen LogP) is 5.43. The molecule has 8 nitrogen and oxygen atoms in total. The summed E-state index contributed by atoms with van der Waals surface area (Å²) in [5.74, 6) is 0.771. The largest absolute Gasteiger partial charge is 0.496 e. The van der Waals surface area contributed by atoms with E-state index in [-0.39, 0.29) is 10.7 Å². The van der Waals surface area contributed by atoms with Crippen LogP contribution in [-0.2, 0) is 0 Å². The summed E-state index contributed by atoms with van der Waals surface area (Å²) >= 11 is 6.13. The van der Waals surface area contributed by atoms with Crippen molar-refractivity contribution in [1.29, 1.82) is 0 Å². The molecule has 3 aromatic carbocycles. The number of furan rings is 1.